The molecule has 160 valence electrons. The van der Waals surface area contributed by atoms with Crippen LogP contribution in [-0.2, 0) is 9.47 Å². The molecule has 0 aliphatic rings. The van der Waals surface area contributed by atoms with Gasteiger partial charge in [-0.2, -0.15) is 9.49 Å². The third-order valence-corrected chi connectivity index (χ3v) is 4.50. The van der Waals surface area contributed by atoms with Gasteiger partial charge in [0, 0.05) is 37.3 Å². The Labute approximate surface area is 176 Å². The number of benzene rings is 2. The molecule has 0 bridgehead atoms. The van der Waals surface area contributed by atoms with Crippen LogP contribution in [0.2, 0.25) is 0 Å². The second kappa shape index (κ2) is 9.07. The van der Waals surface area contributed by atoms with Gasteiger partial charge in [-0.1, -0.05) is 6.07 Å². The van der Waals surface area contributed by atoms with E-state index in [0.29, 0.717) is 17.0 Å². The van der Waals surface area contributed by atoms with E-state index in [-0.39, 0.29) is 19.3 Å². The summed E-state index contributed by atoms with van der Waals surface area (Å²) in [6.07, 6.45) is 3.26. The average molecular weight is 427 g/mol. The van der Waals surface area contributed by atoms with Crippen molar-refractivity contribution in [3.63, 3.8) is 0 Å². The maximum atomic E-state index is 14.1. The largest absolute Gasteiger partial charge is 0.466 e. The molecule has 0 atom stereocenters. The monoisotopic (exact) mass is 427 g/mol. The van der Waals surface area contributed by atoms with Crippen molar-refractivity contribution >= 4 is 10.9 Å². The van der Waals surface area contributed by atoms with Crippen molar-refractivity contribution in [1.29, 1.82) is 0 Å². The first-order valence-electron chi connectivity index (χ1n) is 9.28. The number of rotatable bonds is 8. The van der Waals surface area contributed by atoms with Crippen molar-refractivity contribution in [3.8, 4) is 28.4 Å². The molecule has 9 heteroatoms. The van der Waals surface area contributed by atoms with Gasteiger partial charge in [0.15, 0.2) is 25.2 Å². The quantitative estimate of drug-likeness (QED) is 0.390. The summed E-state index contributed by atoms with van der Waals surface area (Å²) >= 11 is 0. The van der Waals surface area contributed by atoms with Gasteiger partial charge in [-0.3, -0.25) is 4.98 Å². The minimum Gasteiger partial charge on any atom is -0.466 e. The Kier molecular flexibility index (Phi) is 6.06. The number of pyridine rings is 1. The Morgan fingerprint density at radius 1 is 0.903 bits per heavy atom. The highest BCUT2D eigenvalue weighted by Gasteiger charge is 2.15. The Hall–Kier alpha value is -3.56. The van der Waals surface area contributed by atoms with Gasteiger partial charge in [-0.15, -0.1) is 0 Å². The van der Waals surface area contributed by atoms with Gasteiger partial charge in [-0.25, -0.2) is 9.07 Å². The Morgan fingerprint density at radius 2 is 1.71 bits per heavy atom. The van der Waals surface area contributed by atoms with Crippen LogP contribution in [0, 0.1) is 11.6 Å². The summed E-state index contributed by atoms with van der Waals surface area (Å²) < 4.78 is 49.7. The lowest BCUT2D eigenvalue weighted by molar-refractivity contribution is 0.0477. The van der Waals surface area contributed by atoms with Gasteiger partial charge < -0.3 is 18.9 Å². The van der Waals surface area contributed by atoms with Crippen LogP contribution < -0.4 is 9.47 Å². The fraction of sp³-hybridized carbons (Fsp3) is 0.182. The van der Waals surface area contributed by atoms with Crippen LogP contribution in [0.15, 0.2) is 54.9 Å². The summed E-state index contributed by atoms with van der Waals surface area (Å²) in [6, 6.07) is 11.7. The Morgan fingerprint density at radius 3 is 2.45 bits per heavy atom. The summed E-state index contributed by atoms with van der Waals surface area (Å²) in [4.78, 5) is 4.41. The summed E-state index contributed by atoms with van der Waals surface area (Å²) in [7, 11) is 2.94. The fourth-order valence-electron chi connectivity index (χ4n) is 3.06. The molecule has 0 amide bonds. The highest BCUT2D eigenvalue weighted by molar-refractivity contribution is 5.85. The van der Waals surface area contributed by atoms with Gasteiger partial charge in [0.1, 0.15) is 5.75 Å². The van der Waals surface area contributed by atoms with E-state index in [1.807, 2.05) is 24.3 Å². The Bertz CT molecular complexity index is 1200. The summed E-state index contributed by atoms with van der Waals surface area (Å²) in [6.45, 7) is -0.0559. The zero-order valence-corrected chi connectivity index (χ0v) is 16.8. The number of hydrogen-bond acceptors (Lipinski definition) is 6. The number of ether oxygens (including phenoxy) is 4. The summed E-state index contributed by atoms with van der Waals surface area (Å²) in [5.41, 5.74) is 2.67. The molecule has 2 heterocycles. The molecule has 2 aromatic heterocycles. The molecule has 0 spiro atoms. The molecule has 0 unspecified atom stereocenters. The molecule has 0 saturated carbocycles. The summed E-state index contributed by atoms with van der Waals surface area (Å²) in [5, 5.41) is 5.14. The molecule has 7 nitrogen and oxygen atoms in total. The molecule has 4 aromatic rings. The smallest absolute Gasteiger partial charge is 0.200 e. The molecule has 0 saturated heterocycles. The van der Waals surface area contributed by atoms with Crippen molar-refractivity contribution in [2.45, 2.75) is 0 Å². The highest BCUT2D eigenvalue weighted by Crippen LogP contribution is 2.29. The van der Waals surface area contributed by atoms with Crippen LogP contribution in [0.5, 0.6) is 11.5 Å². The van der Waals surface area contributed by atoms with Crippen LogP contribution >= 0.6 is 0 Å². The van der Waals surface area contributed by atoms with E-state index in [1.54, 1.807) is 25.6 Å². The van der Waals surface area contributed by atoms with E-state index in [2.05, 4.69) is 10.1 Å². The predicted molar refractivity (Wildman–Crippen MR) is 109 cm³/mol. The standard InChI is InChI=1S/C22H19F2N3O4/c1-28-12-30-17-4-5-19(25-11-17)14-3-6-20-15(7-14)10-26-27(20)16-8-18(23)22(24)21(9-16)31-13-29-2/h3-11H,12-13H2,1-2H3. The van der Waals surface area contributed by atoms with E-state index in [9.17, 15) is 8.78 Å². The SMILES string of the molecule is COCOc1ccc(-c2ccc3c(cnn3-c3cc(F)c(F)c(OCOC)c3)c2)nc1. The lowest BCUT2D eigenvalue weighted by Crippen LogP contribution is -2.05. The molecule has 31 heavy (non-hydrogen) atoms. The molecule has 0 fully saturated rings. The first-order valence-corrected chi connectivity index (χ1v) is 9.28. The molecule has 4 rings (SSSR count). The number of aromatic nitrogens is 3. The average Bonchev–Trinajstić information content (AvgIpc) is 3.22. The van der Waals surface area contributed by atoms with Crippen molar-refractivity contribution in [1.82, 2.24) is 14.8 Å². The van der Waals surface area contributed by atoms with Crippen molar-refractivity contribution in [3.05, 3.63) is 66.5 Å². The number of fused-ring (bicyclic) bond motifs is 1. The van der Waals surface area contributed by atoms with Crippen LogP contribution in [0.25, 0.3) is 27.8 Å². The second-order valence-corrected chi connectivity index (χ2v) is 6.55. The fourth-order valence-corrected chi connectivity index (χ4v) is 3.06. The molecule has 0 radical (unpaired) electrons. The van der Waals surface area contributed by atoms with Gasteiger partial charge in [-0.05, 0) is 24.3 Å². The maximum absolute atomic E-state index is 14.1. The third kappa shape index (κ3) is 4.32. The lowest BCUT2D eigenvalue weighted by Gasteiger charge is -2.10. The van der Waals surface area contributed by atoms with E-state index in [1.165, 1.54) is 17.9 Å². The Balaban J connectivity index is 1.66. The van der Waals surface area contributed by atoms with Crippen molar-refractivity contribution in [2.75, 3.05) is 27.8 Å². The molecular weight excluding hydrogens is 408 g/mol. The van der Waals surface area contributed by atoms with Crippen LogP contribution in [0.1, 0.15) is 0 Å². The van der Waals surface area contributed by atoms with Gasteiger partial charge in [0.2, 0.25) is 5.82 Å². The highest BCUT2D eigenvalue weighted by atomic mass is 19.2. The molecule has 0 N–H and O–H groups in total. The zero-order chi connectivity index (χ0) is 21.8. The lowest BCUT2D eigenvalue weighted by atomic mass is 10.1. The van der Waals surface area contributed by atoms with E-state index in [0.717, 1.165) is 22.7 Å². The van der Waals surface area contributed by atoms with Gasteiger partial charge in [0.05, 0.1) is 29.3 Å². The number of halogens is 2. The van der Waals surface area contributed by atoms with Gasteiger partial charge in [0.25, 0.3) is 0 Å². The topological polar surface area (TPSA) is 67.6 Å². The summed E-state index contributed by atoms with van der Waals surface area (Å²) in [5.74, 6) is -1.77. The molecular formula is C22H19F2N3O4. The minimum atomic E-state index is -1.08. The van der Waals surface area contributed by atoms with E-state index >= 15 is 0 Å². The zero-order valence-electron chi connectivity index (χ0n) is 16.8. The first kappa shape index (κ1) is 20.7. The van der Waals surface area contributed by atoms with Crippen LogP contribution in [-0.4, -0.2) is 42.6 Å². The number of methoxy groups -OCH3 is 2. The first-order chi connectivity index (χ1) is 15.1. The van der Waals surface area contributed by atoms with Crippen molar-refractivity contribution in [2.24, 2.45) is 0 Å². The third-order valence-electron chi connectivity index (χ3n) is 4.50. The van der Waals surface area contributed by atoms with Crippen LogP contribution in [0.4, 0.5) is 8.78 Å². The maximum Gasteiger partial charge on any atom is 0.200 e. The minimum absolute atomic E-state index is 0.147. The number of nitrogens with zero attached hydrogens (tertiary/aromatic N) is 3. The van der Waals surface area contributed by atoms with Crippen molar-refractivity contribution < 1.29 is 27.7 Å². The molecule has 0 aliphatic carbocycles. The normalized spacial score (nSPS) is 11.1. The van der Waals surface area contributed by atoms with E-state index in [4.69, 9.17) is 18.9 Å². The van der Waals surface area contributed by atoms with Gasteiger partial charge >= 0.3 is 0 Å². The van der Waals surface area contributed by atoms with Crippen LogP contribution in [0.3, 0.4) is 0 Å². The molecule has 2 aromatic carbocycles. The second-order valence-electron chi connectivity index (χ2n) is 6.55. The van der Waals surface area contributed by atoms with E-state index < -0.39 is 11.6 Å². The number of hydrogen-bond donors (Lipinski definition) is 0. The molecule has 0 aliphatic heterocycles. The predicted octanol–water partition coefficient (Wildman–Crippen LogP) is 4.33.